The van der Waals surface area contributed by atoms with Crippen LogP contribution in [0.2, 0.25) is 0 Å². The number of rotatable bonds is 6. The van der Waals surface area contributed by atoms with Gasteiger partial charge in [0.1, 0.15) is 11.0 Å². The predicted octanol–water partition coefficient (Wildman–Crippen LogP) is 4.81. The minimum Gasteiger partial charge on any atom is -0.497 e. The lowest BCUT2D eigenvalue weighted by Crippen LogP contribution is -2.64. The van der Waals surface area contributed by atoms with Crippen LogP contribution in [-0.2, 0) is 11.2 Å². The Bertz CT molecular complexity index is 897. The summed E-state index contributed by atoms with van der Waals surface area (Å²) >= 11 is 1.66. The normalized spacial score (nSPS) is 18.9. The maximum Gasteiger partial charge on any atom is 0.242 e. The van der Waals surface area contributed by atoms with Crippen LogP contribution in [0.1, 0.15) is 5.56 Å². The van der Waals surface area contributed by atoms with Crippen LogP contribution in [0.3, 0.4) is 0 Å². The Hall–Kier alpha value is -2.72. The molecule has 1 fully saturated rings. The van der Waals surface area contributed by atoms with Crippen molar-refractivity contribution in [3.63, 3.8) is 0 Å². The summed E-state index contributed by atoms with van der Waals surface area (Å²) in [5.41, 5.74) is 2.17. The first-order valence-electron chi connectivity index (χ1n) is 8.99. The largest absolute Gasteiger partial charge is 0.497 e. The van der Waals surface area contributed by atoms with E-state index in [1.807, 2.05) is 65.6 Å². The van der Waals surface area contributed by atoms with Gasteiger partial charge in [-0.2, -0.15) is 0 Å². The van der Waals surface area contributed by atoms with Crippen LogP contribution in [0.4, 0.5) is 5.69 Å². The van der Waals surface area contributed by atoms with Gasteiger partial charge in [0, 0.05) is 10.6 Å². The zero-order valence-electron chi connectivity index (χ0n) is 15.1. The van der Waals surface area contributed by atoms with Crippen molar-refractivity contribution in [2.24, 2.45) is 0 Å². The lowest BCUT2D eigenvalue weighted by molar-refractivity contribution is -0.123. The third-order valence-electron chi connectivity index (χ3n) is 4.81. The van der Waals surface area contributed by atoms with Crippen molar-refractivity contribution in [1.82, 2.24) is 0 Å². The highest BCUT2D eigenvalue weighted by molar-refractivity contribution is 8.00. The van der Waals surface area contributed by atoms with Gasteiger partial charge in [-0.05, 0) is 48.4 Å². The number of carbonyl (C=O) groups is 1. The van der Waals surface area contributed by atoms with Gasteiger partial charge in [0.2, 0.25) is 5.91 Å². The van der Waals surface area contributed by atoms with Gasteiger partial charge in [-0.15, -0.1) is 11.8 Å². The monoisotopic (exact) mass is 375 g/mol. The van der Waals surface area contributed by atoms with E-state index in [9.17, 15) is 4.79 Å². The van der Waals surface area contributed by atoms with E-state index >= 15 is 0 Å². The standard InChI is InChI=1S/C23H21NO2S/c1-26-19-14-12-18(13-15-19)24-21(16-17-8-4-2-5-9-17)22(23(24)25)27-20-10-6-3-7-11-20/h2-15,21-22H,16H2,1H3/t21-,22+/m1/s1. The van der Waals surface area contributed by atoms with Crippen molar-refractivity contribution in [3.05, 3.63) is 90.5 Å². The minimum absolute atomic E-state index is 0.0743. The Labute approximate surface area is 164 Å². The second kappa shape index (κ2) is 7.89. The molecular weight excluding hydrogens is 354 g/mol. The molecule has 0 radical (unpaired) electrons. The Balaban J connectivity index is 1.60. The molecule has 3 nitrogen and oxygen atoms in total. The van der Waals surface area contributed by atoms with E-state index in [-0.39, 0.29) is 17.2 Å². The number of thioether (sulfide) groups is 1. The number of anilines is 1. The lowest BCUT2D eigenvalue weighted by atomic mass is 9.93. The maximum absolute atomic E-state index is 13.0. The van der Waals surface area contributed by atoms with E-state index in [0.29, 0.717) is 0 Å². The highest BCUT2D eigenvalue weighted by Crippen LogP contribution is 2.40. The first kappa shape index (κ1) is 17.7. The van der Waals surface area contributed by atoms with Crippen molar-refractivity contribution < 1.29 is 9.53 Å². The quantitative estimate of drug-likeness (QED) is 0.579. The average Bonchev–Trinajstić information content (AvgIpc) is 2.74. The molecule has 136 valence electrons. The van der Waals surface area contributed by atoms with E-state index in [4.69, 9.17) is 4.74 Å². The second-order valence-corrected chi connectivity index (χ2v) is 7.73. The van der Waals surface area contributed by atoms with Crippen molar-refractivity contribution in [2.75, 3.05) is 12.0 Å². The third-order valence-corrected chi connectivity index (χ3v) is 6.12. The molecule has 0 spiro atoms. The van der Waals surface area contributed by atoms with Gasteiger partial charge in [0.25, 0.3) is 0 Å². The van der Waals surface area contributed by atoms with E-state index in [2.05, 4.69) is 24.3 Å². The average molecular weight is 375 g/mol. The van der Waals surface area contributed by atoms with Gasteiger partial charge in [-0.25, -0.2) is 0 Å². The Morgan fingerprint density at radius 1 is 0.889 bits per heavy atom. The number of benzene rings is 3. The molecule has 2 atom stereocenters. The second-order valence-electron chi connectivity index (χ2n) is 6.51. The smallest absolute Gasteiger partial charge is 0.242 e. The molecule has 1 heterocycles. The summed E-state index contributed by atoms with van der Waals surface area (Å²) < 4.78 is 5.24. The molecule has 4 rings (SSSR count). The minimum atomic E-state index is -0.0743. The van der Waals surface area contributed by atoms with Crippen molar-refractivity contribution in [1.29, 1.82) is 0 Å². The highest BCUT2D eigenvalue weighted by Gasteiger charge is 2.48. The van der Waals surface area contributed by atoms with E-state index < -0.39 is 0 Å². The Morgan fingerprint density at radius 3 is 2.15 bits per heavy atom. The predicted molar refractivity (Wildman–Crippen MR) is 111 cm³/mol. The van der Waals surface area contributed by atoms with E-state index in [1.54, 1.807) is 18.9 Å². The number of hydrogen-bond acceptors (Lipinski definition) is 3. The van der Waals surface area contributed by atoms with Crippen molar-refractivity contribution in [2.45, 2.75) is 22.6 Å². The van der Waals surface area contributed by atoms with Gasteiger partial charge in [-0.3, -0.25) is 4.79 Å². The van der Waals surface area contributed by atoms with E-state index in [0.717, 1.165) is 22.8 Å². The first-order chi connectivity index (χ1) is 13.3. The molecule has 1 saturated heterocycles. The fraction of sp³-hybridized carbons (Fsp3) is 0.174. The van der Waals surface area contributed by atoms with Gasteiger partial charge in [0.15, 0.2) is 0 Å². The van der Waals surface area contributed by atoms with Crippen LogP contribution in [0.5, 0.6) is 5.75 Å². The highest BCUT2D eigenvalue weighted by atomic mass is 32.2. The molecule has 0 aliphatic carbocycles. The zero-order chi connectivity index (χ0) is 18.6. The molecule has 27 heavy (non-hydrogen) atoms. The zero-order valence-corrected chi connectivity index (χ0v) is 15.9. The number of nitrogens with zero attached hydrogens (tertiary/aromatic N) is 1. The number of hydrogen-bond donors (Lipinski definition) is 0. The van der Waals surface area contributed by atoms with Gasteiger partial charge in [-0.1, -0.05) is 48.5 Å². The number of amides is 1. The number of methoxy groups -OCH3 is 1. The molecular formula is C23H21NO2S. The Kier molecular flexibility index (Phi) is 5.16. The molecule has 0 aromatic heterocycles. The van der Waals surface area contributed by atoms with Crippen LogP contribution in [-0.4, -0.2) is 24.3 Å². The van der Waals surface area contributed by atoms with Gasteiger partial charge in [0.05, 0.1) is 13.2 Å². The lowest BCUT2D eigenvalue weighted by Gasteiger charge is -2.47. The maximum atomic E-state index is 13.0. The van der Waals surface area contributed by atoms with Gasteiger partial charge >= 0.3 is 0 Å². The van der Waals surface area contributed by atoms with Crippen molar-refractivity contribution in [3.8, 4) is 5.75 Å². The van der Waals surface area contributed by atoms with Gasteiger partial charge < -0.3 is 9.64 Å². The summed E-state index contributed by atoms with van der Waals surface area (Å²) in [7, 11) is 1.65. The summed E-state index contributed by atoms with van der Waals surface area (Å²) in [6.45, 7) is 0. The third kappa shape index (κ3) is 3.71. The number of carbonyl (C=O) groups excluding carboxylic acids is 1. The molecule has 0 N–H and O–H groups in total. The molecule has 1 amide bonds. The fourth-order valence-electron chi connectivity index (χ4n) is 3.41. The SMILES string of the molecule is COc1ccc(N2C(=O)[C@@H](Sc3ccccc3)[C@H]2Cc2ccccc2)cc1. The Morgan fingerprint density at radius 2 is 1.52 bits per heavy atom. The molecule has 3 aromatic carbocycles. The molecule has 0 bridgehead atoms. The van der Waals surface area contributed by atoms with Crippen LogP contribution in [0.15, 0.2) is 89.8 Å². The number of β-lactam (4-membered cyclic amide) rings is 1. The molecule has 0 unspecified atom stereocenters. The van der Waals surface area contributed by atoms with Crippen LogP contribution >= 0.6 is 11.8 Å². The molecule has 1 aliphatic heterocycles. The van der Waals surface area contributed by atoms with Crippen LogP contribution in [0, 0.1) is 0 Å². The summed E-state index contributed by atoms with van der Waals surface area (Å²) in [5.74, 6) is 0.955. The molecule has 4 heteroatoms. The number of ether oxygens (including phenoxy) is 1. The summed E-state index contributed by atoms with van der Waals surface area (Å²) in [5, 5.41) is -0.0743. The van der Waals surface area contributed by atoms with Crippen LogP contribution in [0.25, 0.3) is 0 Å². The summed E-state index contributed by atoms with van der Waals surface area (Å²) in [4.78, 5) is 16.0. The summed E-state index contributed by atoms with van der Waals surface area (Å²) in [6, 6.07) is 28.4. The molecule has 0 saturated carbocycles. The first-order valence-corrected chi connectivity index (χ1v) is 9.87. The molecule has 3 aromatic rings. The van der Waals surface area contributed by atoms with Crippen molar-refractivity contribution >= 4 is 23.4 Å². The summed E-state index contributed by atoms with van der Waals surface area (Å²) in [6.07, 6.45) is 0.836. The fourth-order valence-corrected chi connectivity index (χ4v) is 4.61. The molecule has 1 aliphatic rings. The topological polar surface area (TPSA) is 29.5 Å². The van der Waals surface area contributed by atoms with E-state index in [1.165, 1.54) is 5.56 Å². The van der Waals surface area contributed by atoms with Crippen LogP contribution < -0.4 is 9.64 Å².